The number of carboxylic acids is 1. The van der Waals surface area contributed by atoms with E-state index in [0.29, 0.717) is 19.4 Å². The first-order valence-electron chi connectivity index (χ1n) is 12.6. The molecule has 0 spiro atoms. The van der Waals surface area contributed by atoms with Crippen LogP contribution < -0.4 is 5.32 Å². The normalized spacial score (nSPS) is 23.8. The summed E-state index contributed by atoms with van der Waals surface area (Å²) in [6, 6.07) is 16.4. The summed E-state index contributed by atoms with van der Waals surface area (Å²) in [5, 5.41) is 12.3. The van der Waals surface area contributed by atoms with Crippen LogP contribution in [-0.2, 0) is 14.3 Å². The molecule has 0 bridgehead atoms. The highest BCUT2D eigenvalue weighted by molar-refractivity contribution is 5.81. The first kappa shape index (κ1) is 23.4. The van der Waals surface area contributed by atoms with E-state index in [1.165, 1.54) is 22.3 Å². The maximum atomic E-state index is 13.1. The molecule has 2 aromatic carbocycles. The summed E-state index contributed by atoms with van der Waals surface area (Å²) in [4.78, 5) is 38.8. The second kappa shape index (κ2) is 10.1. The zero-order chi connectivity index (χ0) is 24.4. The molecule has 2 aromatic rings. The number of hydrogen-bond donors (Lipinski definition) is 2. The van der Waals surface area contributed by atoms with E-state index in [-0.39, 0.29) is 36.9 Å². The van der Waals surface area contributed by atoms with Crippen LogP contribution in [0.1, 0.15) is 55.6 Å². The number of carbonyl (C=O) groups is 3. The van der Waals surface area contributed by atoms with Crippen molar-refractivity contribution in [3.05, 3.63) is 59.7 Å². The third-order valence-corrected chi connectivity index (χ3v) is 7.77. The number of amides is 2. The van der Waals surface area contributed by atoms with Gasteiger partial charge in [-0.15, -0.1) is 0 Å². The smallest absolute Gasteiger partial charge is 0.407 e. The summed E-state index contributed by atoms with van der Waals surface area (Å²) in [7, 11) is 0. The second-order valence-corrected chi connectivity index (χ2v) is 9.99. The van der Waals surface area contributed by atoms with Crippen molar-refractivity contribution in [2.24, 2.45) is 11.8 Å². The Morgan fingerprint density at radius 2 is 1.57 bits per heavy atom. The molecule has 0 radical (unpaired) electrons. The quantitative estimate of drug-likeness (QED) is 0.667. The summed E-state index contributed by atoms with van der Waals surface area (Å²) < 4.78 is 5.68. The minimum Gasteiger partial charge on any atom is -0.481 e. The first-order valence-corrected chi connectivity index (χ1v) is 12.6. The van der Waals surface area contributed by atoms with Gasteiger partial charge in [0.05, 0.1) is 5.92 Å². The van der Waals surface area contributed by atoms with Gasteiger partial charge in [-0.25, -0.2) is 4.79 Å². The van der Waals surface area contributed by atoms with Crippen molar-refractivity contribution in [3.63, 3.8) is 0 Å². The predicted octanol–water partition coefficient (Wildman–Crippen LogP) is 4.41. The van der Waals surface area contributed by atoms with Crippen molar-refractivity contribution in [3.8, 4) is 11.1 Å². The predicted molar refractivity (Wildman–Crippen MR) is 131 cm³/mol. The Morgan fingerprint density at radius 3 is 2.26 bits per heavy atom. The molecule has 3 atom stereocenters. The number of likely N-dealkylation sites (tertiary alicyclic amines) is 1. The Labute approximate surface area is 205 Å². The van der Waals surface area contributed by atoms with E-state index in [2.05, 4.69) is 29.6 Å². The van der Waals surface area contributed by atoms with Crippen LogP contribution in [0.3, 0.4) is 0 Å². The molecule has 1 aliphatic heterocycles. The lowest BCUT2D eigenvalue weighted by molar-refractivity contribution is -0.147. The lowest BCUT2D eigenvalue weighted by Crippen LogP contribution is -2.47. The zero-order valence-corrected chi connectivity index (χ0v) is 19.8. The number of hydrogen-bond acceptors (Lipinski definition) is 4. The number of benzene rings is 2. The molecule has 0 aromatic heterocycles. The van der Waals surface area contributed by atoms with Gasteiger partial charge in [-0.1, -0.05) is 55.0 Å². The number of carboxylic acid groups (broad SMARTS) is 1. The molecule has 2 N–H and O–H groups in total. The number of nitrogens with one attached hydrogen (secondary N) is 1. The molecule has 3 aliphatic rings. The number of fused-ring (bicyclic) bond motifs is 3. The van der Waals surface area contributed by atoms with Crippen molar-refractivity contribution < 1.29 is 24.2 Å². The minimum atomic E-state index is -0.832. The van der Waals surface area contributed by atoms with Crippen molar-refractivity contribution >= 4 is 18.0 Å². The van der Waals surface area contributed by atoms with Crippen molar-refractivity contribution in [1.29, 1.82) is 0 Å². The molecule has 1 saturated carbocycles. The van der Waals surface area contributed by atoms with Crippen LogP contribution in [-0.4, -0.2) is 53.7 Å². The molecule has 1 heterocycles. The first-order chi connectivity index (χ1) is 17.0. The molecule has 2 aliphatic carbocycles. The van der Waals surface area contributed by atoms with E-state index in [4.69, 9.17) is 4.74 Å². The zero-order valence-electron chi connectivity index (χ0n) is 19.8. The van der Waals surface area contributed by atoms with Crippen molar-refractivity contribution in [2.45, 2.75) is 50.5 Å². The average Bonchev–Trinajstić information content (AvgIpc) is 3.21. The van der Waals surface area contributed by atoms with Crippen molar-refractivity contribution in [2.75, 3.05) is 19.7 Å². The molecule has 2 fully saturated rings. The Balaban J connectivity index is 1.16. The van der Waals surface area contributed by atoms with Gasteiger partial charge in [0.25, 0.3) is 0 Å². The van der Waals surface area contributed by atoms with E-state index in [1.54, 1.807) is 4.90 Å². The lowest BCUT2D eigenvalue weighted by Gasteiger charge is -2.36. The molecular formula is C28H32N2O5. The Morgan fingerprint density at radius 1 is 0.914 bits per heavy atom. The van der Waals surface area contributed by atoms with Gasteiger partial charge in [0.15, 0.2) is 0 Å². The topological polar surface area (TPSA) is 95.9 Å². The summed E-state index contributed by atoms with van der Waals surface area (Å²) >= 11 is 0. The maximum Gasteiger partial charge on any atom is 0.407 e. The number of alkyl carbamates (subject to hydrolysis) is 1. The fourth-order valence-electron chi connectivity index (χ4n) is 5.99. The standard InChI is InChI=1S/C28H32N2O5/c31-26(30-14-6-8-19(16-30)27(32)33)18-7-5-9-20(15-18)29-28(34)35-17-25-23-12-3-1-10-21(23)22-11-2-4-13-24(22)25/h1-4,10-13,18-20,25H,5-9,14-17H2,(H,29,34)(H,32,33)/t18-,19+,20+/m1/s1. The molecule has 7 heteroatoms. The van der Waals surface area contributed by atoms with Gasteiger partial charge in [-0.2, -0.15) is 0 Å². The number of carbonyl (C=O) groups excluding carboxylic acids is 2. The van der Waals surface area contributed by atoms with Crippen LogP contribution in [0.25, 0.3) is 11.1 Å². The monoisotopic (exact) mass is 476 g/mol. The Bertz CT molecular complexity index is 1070. The molecule has 5 rings (SSSR count). The van der Waals surface area contributed by atoms with Crippen LogP contribution in [0.4, 0.5) is 4.79 Å². The molecule has 0 unspecified atom stereocenters. The summed E-state index contributed by atoms with van der Waals surface area (Å²) in [6.07, 6.45) is 3.89. The minimum absolute atomic E-state index is 0.00937. The van der Waals surface area contributed by atoms with E-state index >= 15 is 0 Å². The van der Waals surface area contributed by atoms with Crippen LogP contribution in [0, 0.1) is 11.8 Å². The Hall–Kier alpha value is -3.35. The van der Waals surface area contributed by atoms with E-state index in [9.17, 15) is 19.5 Å². The van der Waals surface area contributed by atoms with E-state index in [0.717, 1.165) is 25.7 Å². The number of nitrogens with zero attached hydrogens (tertiary/aromatic N) is 1. The van der Waals surface area contributed by atoms with Gasteiger partial charge in [-0.3, -0.25) is 9.59 Å². The molecule has 7 nitrogen and oxygen atoms in total. The molecule has 35 heavy (non-hydrogen) atoms. The van der Waals surface area contributed by atoms with Crippen molar-refractivity contribution in [1.82, 2.24) is 10.2 Å². The molecular weight excluding hydrogens is 444 g/mol. The number of piperidine rings is 1. The largest absolute Gasteiger partial charge is 0.481 e. The van der Waals surface area contributed by atoms with Crippen LogP contribution in [0.2, 0.25) is 0 Å². The van der Waals surface area contributed by atoms with Crippen LogP contribution >= 0.6 is 0 Å². The number of aliphatic carboxylic acids is 1. The third kappa shape index (κ3) is 4.90. The van der Waals surface area contributed by atoms with Gasteiger partial charge in [0.2, 0.25) is 5.91 Å². The second-order valence-electron chi connectivity index (χ2n) is 9.99. The van der Waals surface area contributed by atoms with E-state index < -0.39 is 18.0 Å². The van der Waals surface area contributed by atoms with E-state index in [1.807, 2.05) is 24.3 Å². The highest BCUT2D eigenvalue weighted by Gasteiger charge is 2.35. The summed E-state index contributed by atoms with van der Waals surface area (Å²) in [5.74, 6) is -1.47. The van der Waals surface area contributed by atoms with Gasteiger partial charge < -0.3 is 20.1 Å². The number of rotatable bonds is 5. The maximum absolute atomic E-state index is 13.1. The fraction of sp³-hybridized carbons (Fsp3) is 0.464. The van der Waals surface area contributed by atoms with Gasteiger partial charge in [0, 0.05) is 31.0 Å². The lowest BCUT2D eigenvalue weighted by atomic mass is 9.84. The van der Waals surface area contributed by atoms with Gasteiger partial charge >= 0.3 is 12.1 Å². The molecule has 184 valence electrons. The number of ether oxygens (including phenoxy) is 1. The molecule has 2 amide bonds. The van der Waals surface area contributed by atoms with Crippen LogP contribution in [0.5, 0.6) is 0 Å². The fourth-order valence-corrected chi connectivity index (χ4v) is 5.99. The SMILES string of the molecule is O=C(N[C@H]1CCC[C@@H](C(=O)N2CCC[C@H](C(=O)O)C2)C1)OCC1c2ccccc2-c2ccccc21. The van der Waals surface area contributed by atoms with Crippen LogP contribution in [0.15, 0.2) is 48.5 Å². The summed E-state index contributed by atoms with van der Waals surface area (Å²) in [6.45, 7) is 1.16. The van der Waals surface area contributed by atoms with Gasteiger partial charge in [-0.05, 0) is 54.4 Å². The third-order valence-electron chi connectivity index (χ3n) is 7.77. The van der Waals surface area contributed by atoms with Gasteiger partial charge in [0.1, 0.15) is 6.61 Å². The molecule has 1 saturated heterocycles. The summed E-state index contributed by atoms with van der Waals surface area (Å²) in [5.41, 5.74) is 4.72. The highest BCUT2D eigenvalue weighted by atomic mass is 16.5. The highest BCUT2D eigenvalue weighted by Crippen LogP contribution is 2.44. The Kier molecular flexibility index (Phi) is 6.75. The average molecular weight is 477 g/mol.